The SMILES string of the molecule is COc1ccc(C#N)c(F)c1-c1nccc(C(=O)Nc2ccc3sc(C)nc3c2N2C[C@H](N)C[C@H]2CO)n1. The Morgan fingerprint density at radius 3 is 2.89 bits per heavy atom. The van der Waals surface area contributed by atoms with Crippen molar-refractivity contribution in [3.05, 3.63) is 58.6 Å². The van der Waals surface area contributed by atoms with Gasteiger partial charge in [0.15, 0.2) is 11.6 Å². The van der Waals surface area contributed by atoms with E-state index in [4.69, 9.17) is 10.5 Å². The number of thiazole rings is 1. The molecule has 3 heterocycles. The first-order chi connectivity index (χ1) is 18.3. The highest BCUT2D eigenvalue weighted by molar-refractivity contribution is 7.18. The first kappa shape index (κ1) is 25.5. The fraction of sp³-hybridized carbons (Fsp3) is 0.269. The van der Waals surface area contributed by atoms with E-state index in [2.05, 4.69) is 20.3 Å². The van der Waals surface area contributed by atoms with Crippen LogP contribution in [0.1, 0.15) is 27.5 Å². The van der Waals surface area contributed by atoms with E-state index in [1.54, 1.807) is 12.1 Å². The third-order valence-electron chi connectivity index (χ3n) is 6.39. The predicted molar refractivity (Wildman–Crippen MR) is 142 cm³/mol. The number of amides is 1. The van der Waals surface area contributed by atoms with Crippen LogP contribution in [0.4, 0.5) is 15.8 Å². The van der Waals surface area contributed by atoms with Gasteiger partial charge in [-0.25, -0.2) is 19.3 Å². The smallest absolute Gasteiger partial charge is 0.274 e. The zero-order valence-corrected chi connectivity index (χ0v) is 21.4. The van der Waals surface area contributed by atoms with Crippen LogP contribution in [0.5, 0.6) is 5.75 Å². The summed E-state index contributed by atoms with van der Waals surface area (Å²) in [4.78, 5) is 28.5. The molecule has 0 bridgehead atoms. The summed E-state index contributed by atoms with van der Waals surface area (Å²) in [6, 6.07) is 9.25. The van der Waals surface area contributed by atoms with Gasteiger partial charge in [0.1, 0.15) is 23.0 Å². The summed E-state index contributed by atoms with van der Waals surface area (Å²) in [6.45, 7) is 2.31. The Labute approximate surface area is 221 Å². The van der Waals surface area contributed by atoms with Gasteiger partial charge < -0.3 is 25.8 Å². The zero-order chi connectivity index (χ0) is 27.0. The second kappa shape index (κ2) is 10.3. The van der Waals surface area contributed by atoms with Crippen molar-refractivity contribution in [1.82, 2.24) is 15.0 Å². The van der Waals surface area contributed by atoms with Crippen LogP contribution in [0.15, 0.2) is 36.5 Å². The van der Waals surface area contributed by atoms with Crippen molar-refractivity contribution >= 4 is 38.8 Å². The summed E-state index contributed by atoms with van der Waals surface area (Å²) in [7, 11) is 1.36. The molecule has 2 atom stereocenters. The van der Waals surface area contributed by atoms with Crippen LogP contribution < -0.4 is 20.7 Å². The molecule has 2 aromatic heterocycles. The van der Waals surface area contributed by atoms with E-state index >= 15 is 4.39 Å². The number of fused-ring (bicyclic) bond motifs is 1. The largest absolute Gasteiger partial charge is 0.496 e. The van der Waals surface area contributed by atoms with Gasteiger partial charge in [0.25, 0.3) is 5.91 Å². The van der Waals surface area contributed by atoms with E-state index < -0.39 is 11.7 Å². The topological polar surface area (TPSA) is 150 Å². The number of hydrogen-bond donors (Lipinski definition) is 3. The second-order valence-corrected chi connectivity index (χ2v) is 10.1. The number of nitrogens with zero attached hydrogens (tertiary/aromatic N) is 5. The monoisotopic (exact) mass is 533 g/mol. The van der Waals surface area contributed by atoms with E-state index in [0.29, 0.717) is 29.9 Å². The van der Waals surface area contributed by atoms with Crippen molar-refractivity contribution in [2.45, 2.75) is 25.4 Å². The lowest BCUT2D eigenvalue weighted by Gasteiger charge is -2.28. The number of rotatable bonds is 6. The molecule has 1 amide bonds. The highest BCUT2D eigenvalue weighted by Crippen LogP contribution is 2.40. The van der Waals surface area contributed by atoms with Gasteiger partial charge >= 0.3 is 0 Å². The van der Waals surface area contributed by atoms with Crippen LogP contribution in [-0.2, 0) is 0 Å². The van der Waals surface area contributed by atoms with E-state index in [-0.39, 0.29) is 47.1 Å². The standard InChI is InChI=1S/C26H24FN7O3S/c1-13-31-23-20(38-13)6-4-17(24(23)34-11-15(29)9-16(34)12-35)33-26(36)18-7-8-30-25(32-18)21-19(37-2)5-3-14(10-28)22(21)27/h3-8,15-16,35H,9,11-12,29H2,1-2H3,(H,33,36)/t15-,16+/m1/s1. The number of ether oxygens (including phenoxy) is 1. The minimum absolute atomic E-state index is 0.0175. The maximum atomic E-state index is 15.0. The van der Waals surface area contributed by atoms with E-state index in [0.717, 1.165) is 9.71 Å². The quantitative estimate of drug-likeness (QED) is 0.339. The summed E-state index contributed by atoms with van der Waals surface area (Å²) in [6.07, 6.45) is 1.94. The molecule has 1 fully saturated rings. The Morgan fingerprint density at radius 1 is 1.34 bits per heavy atom. The molecular formula is C26H24FN7O3S. The number of aromatic nitrogens is 3. The van der Waals surface area contributed by atoms with Crippen molar-refractivity contribution in [2.75, 3.05) is 30.5 Å². The maximum absolute atomic E-state index is 15.0. The normalized spacial score (nSPS) is 17.0. The third-order valence-corrected chi connectivity index (χ3v) is 7.33. The molecule has 1 aliphatic heterocycles. The fourth-order valence-corrected chi connectivity index (χ4v) is 5.53. The molecule has 0 unspecified atom stereocenters. The van der Waals surface area contributed by atoms with Crippen LogP contribution >= 0.6 is 11.3 Å². The number of carbonyl (C=O) groups is 1. The number of hydrogen-bond acceptors (Lipinski definition) is 10. The number of nitrogens with one attached hydrogen (secondary N) is 1. The highest BCUT2D eigenvalue weighted by atomic mass is 32.1. The minimum atomic E-state index is -0.837. The molecule has 2 aromatic carbocycles. The molecule has 1 aliphatic rings. The number of nitriles is 1. The van der Waals surface area contributed by atoms with Crippen LogP contribution in [0.25, 0.3) is 21.6 Å². The van der Waals surface area contributed by atoms with Gasteiger partial charge in [-0.15, -0.1) is 11.3 Å². The van der Waals surface area contributed by atoms with Crippen molar-refractivity contribution in [2.24, 2.45) is 5.73 Å². The molecule has 4 aromatic rings. The van der Waals surface area contributed by atoms with Gasteiger partial charge in [0, 0.05) is 18.8 Å². The average molecular weight is 534 g/mol. The number of aryl methyl sites for hydroxylation is 1. The zero-order valence-electron chi connectivity index (χ0n) is 20.6. The number of anilines is 2. The molecule has 0 aliphatic carbocycles. The molecule has 4 N–H and O–H groups in total. The van der Waals surface area contributed by atoms with E-state index in [9.17, 15) is 15.2 Å². The molecule has 0 saturated carbocycles. The molecule has 0 radical (unpaired) electrons. The van der Waals surface area contributed by atoms with Crippen molar-refractivity contribution in [1.29, 1.82) is 5.26 Å². The Kier molecular flexibility index (Phi) is 6.90. The molecule has 5 rings (SSSR count). The lowest BCUT2D eigenvalue weighted by Crippen LogP contribution is -2.34. The van der Waals surface area contributed by atoms with Crippen LogP contribution in [0, 0.1) is 24.1 Å². The molecule has 194 valence electrons. The lowest BCUT2D eigenvalue weighted by atomic mass is 10.1. The number of halogens is 1. The predicted octanol–water partition coefficient (Wildman–Crippen LogP) is 3.23. The summed E-state index contributed by atoms with van der Waals surface area (Å²) >= 11 is 1.53. The Morgan fingerprint density at radius 2 is 2.16 bits per heavy atom. The number of methoxy groups -OCH3 is 1. The van der Waals surface area contributed by atoms with Crippen LogP contribution in [-0.4, -0.2) is 58.3 Å². The van der Waals surface area contributed by atoms with Gasteiger partial charge in [0.2, 0.25) is 0 Å². The molecule has 38 heavy (non-hydrogen) atoms. The highest BCUT2D eigenvalue weighted by Gasteiger charge is 2.33. The van der Waals surface area contributed by atoms with Crippen molar-refractivity contribution in [3.63, 3.8) is 0 Å². The average Bonchev–Trinajstić information content (AvgIpc) is 3.49. The molecular weight excluding hydrogens is 509 g/mol. The van der Waals surface area contributed by atoms with Gasteiger partial charge in [0.05, 0.1) is 52.0 Å². The molecule has 10 nitrogen and oxygen atoms in total. The number of aliphatic hydroxyl groups excluding tert-OH is 1. The lowest BCUT2D eigenvalue weighted by molar-refractivity contribution is 0.102. The summed E-state index contributed by atoms with van der Waals surface area (Å²) in [5.74, 6) is -1.36. The number of nitrogens with two attached hydrogens (primary N) is 1. The van der Waals surface area contributed by atoms with Gasteiger partial charge in [-0.05, 0) is 43.7 Å². The van der Waals surface area contributed by atoms with Crippen LogP contribution in [0.3, 0.4) is 0 Å². The van der Waals surface area contributed by atoms with Crippen molar-refractivity contribution < 1.29 is 19.0 Å². The number of benzene rings is 2. The third kappa shape index (κ3) is 4.51. The Bertz CT molecular complexity index is 1590. The van der Waals surface area contributed by atoms with E-state index in [1.165, 1.54) is 42.8 Å². The second-order valence-electron chi connectivity index (χ2n) is 8.86. The Balaban J connectivity index is 1.55. The minimum Gasteiger partial charge on any atom is -0.496 e. The van der Waals surface area contributed by atoms with Gasteiger partial charge in [-0.3, -0.25) is 4.79 Å². The van der Waals surface area contributed by atoms with Crippen LogP contribution in [0.2, 0.25) is 0 Å². The summed E-state index contributed by atoms with van der Waals surface area (Å²) < 4.78 is 21.2. The first-order valence-electron chi connectivity index (χ1n) is 11.8. The van der Waals surface area contributed by atoms with E-state index in [1.807, 2.05) is 17.9 Å². The number of aliphatic hydroxyl groups is 1. The van der Waals surface area contributed by atoms with Crippen molar-refractivity contribution in [3.8, 4) is 23.2 Å². The Hall–Kier alpha value is -4.18. The van der Waals surface area contributed by atoms with Gasteiger partial charge in [-0.1, -0.05) is 0 Å². The summed E-state index contributed by atoms with van der Waals surface area (Å²) in [5, 5.41) is 23.0. The van der Waals surface area contributed by atoms with Gasteiger partial charge in [-0.2, -0.15) is 5.26 Å². The molecule has 12 heteroatoms. The number of carbonyl (C=O) groups excluding carboxylic acids is 1. The molecule has 0 spiro atoms. The first-order valence-corrected chi connectivity index (χ1v) is 12.6. The fourth-order valence-electron chi connectivity index (χ4n) is 4.70. The summed E-state index contributed by atoms with van der Waals surface area (Å²) in [5.41, 5.74) is 7.75. The maximum Gasteiger partial charge on any atom is 0.274 e. The molecule has 1 saturated heterocycles.